The van der Waals surface area contributed by atoms with Crippen molar-refractivity contribution in [1.82, 2.24) is 4.98 Å². The summed E-state index contributed by atoms with van der Waals surface area (Å²) in [4.78, 5) is 28.3. The lowest BCUT2D eigenvalue weighted by atomic mass is 10.2. The Morgan fingerprint density at radius 1 is 1.30 bits per heavy atom. The number of nitrogens with one attached hydrogen (secondary N) is 1. The van der Waals surface area contributed by atoms with Crippen molar-refractivity contribution >= 4 is 46.0 Å². The van der Waals surface area contributed by atoms with Crippen molar-refractivity contribution in [2.75, 3.05) is 5.32 Å². The Morgan fingerprint density at radius 3 is 2.78 bits per heavy atom. The van der Waals surface area contributed by atoms with Crippen molar-refractivity contribution in [2.24, 2.45) is 0 Å². The molecule has 0 aliphatic heterocycles. The molecule has 3 rings (SSSR count). The first kappa shape index (κ1) is 18.9. The Morgan fingerprint density at radius 2 is 2.07 bits per heavy atom. The maximum absolute atomic E-state index is 12.2. The Kier molecular flexibility index (Phi) is 6.05. The second kappa shape index (κ2) is 8.66. The van der Waals surface area contributed by atoms with Crippen LogP contribution in [0.25, 0.3) is 17.3 Å². The van der Waals surface area contributed by atoms with Crippen LogP contribution in [-0.2, 0) is 14.3 Å². The number of hydrogen-bond acceptors (Lipinski definition) is 6. The molecule has 1 aromatic carbocycles. The number of aromatic nitrogens is 1. The first-order chi connectivity index (χ1) is 13.0. The SMILES string of the molecule is CC(OC(=O)/C=C/c1ccco1)C(=O)Nc1nc(-c2ccc(Cl)cc2)cs1. The van der Waals surface area contributed by atoms with Crippen LogP contribution in [0.2, 0.25) is 5.02 Å². The summed E-state index contributed by atoms with van der Waals surface area (Å²) in [6, 6.07) is 10.6. The number of halogens is 1. The van der Waals surface area contributed by atoms with E-state index in [0.717, 1.165) is 11.3 Å². The van der Waals surface area contributed by atoms with Gasteiger partial charge in [-0.3, -0.25) is 10.1 Å². The van der Waals surface area contributed by atoms with Crippen molar-refractivity contribution in [2.45, 2.75) is 13.0 Å². The van der Waals surface area contributed by atoms with Gasteiger partial charge >= 0.3 is 5.97 Å². The number of carbonyl (C=O) groups is 2. The van der Waals surface area contributed by atoms with Gasteiger partial charge in [0.25, 0.3) is 5.91 Å². The summed E-state index contributed by atoms with van der Waals surface area (Å²) in [5, 5.41) is 5.52. The number of hydrogen-bond donors (Lipinski definition) is 1. The molecule has 6 nitrogen and oxygen atoms in total. The number of amides is 1. The van der Waals surface area contributed by atoms with E-state index in [1.54, 1.807) is 24.3 Å². The van der Waals surface area contributed by atoms with Gasteiger partial charge in [-0.25, -0.2) is 9.78 Å². The highest BCUT2D eigenvalue weighted by Crippen LogP contribution is 2.26. The maximum Gasteiger partial charge on any atom is 0.331 e. The number of esters is 1. The lowest BCUT2D eigenvalue weighted by molar-refractivity contribution is -0.148. The van der Waals surface area contributed by atoms with Crippen molar-refractivity contribution in [3.05, 3.63) is 64.9 Å². The van der Waals surface area contributed by atoms with E-state index in [1.165, 1.54) is 36.7 Å². The number of nitrogens with zero attached hydrogens (tertiary/aromatic N) is 1. The second-order valence-electron chi connectivity index (χ2n) is 5.46. The minimum Gasteiger partial charge on any atom is -0.465 e. The summed E-state index contributed by atoms with van der Waals surface area (Å²) >= 11 is 7.15. The van der Waals surface area contributed by atoms with E-state index in [9.17, 15) is 9.59 Å². The van der Waals surface area contributed by atoms with Crippen molar-refractivity contribution in [3.63, 3.8) is 0 Å². The highest BCUT2D eigenvalue weighted by molar-refractivity contribution is 7.14. The first-order valence-electron chi connectivity index (χ1n) is 7.96. The summed E-state index contributed by atoms with van der Waals surface area (Å²) in [5.41, 5.74) is 1.61. The zero-order chi connectivity index (χ0) is 19.2. The molecule has 0 saturated heterocycles. The molecule has 8 heteroatoms. The van der Waals surface area contributed by atoms with Gasteiger partial charge < -0.3 is 9.15 Å². The van der Waals surface area contributed by atoms with Crippen LogP contribution in [0.4, 0.5) is 5.13 Å². The van der Waals surface area contributed by atoms with Crippen LogP contribution in [0.3, 0.4) is 0 Å². The van der Waals surface area contributed by atoms with Gasteiger partial charge in [-0.1, -0.05) is 23.7 Å². The number of carbonyl (C=O) groups excluding carboxylic acids is 2. The molecule has 138 valence electrons. The summed E-state index contributed by atoms with van der Waals surface area (Å²) < 4.78 is 10.1. The fraction of sp³-hybridized carbons (Fsp3) is 0.105. The van der Waals surface area contributed by atoms with Gasteiger partial charge in [-0.15, -0.1) is 11.3 Å². The molecule has 0 aliphatic carbocycles. The standard InChI is InChI=1S/C19H15ClN2O4S/c1-12(26-17(23)9-8-15-3-2-10-25-15)18(24)22-19-21-16(11-27-19)13-4-6-14(20)7-5-13/h2-12H,1H3,(H,21,22,24)/b9-8+. The molecule has 0 spiro atoms. The van der Waals surface area contributed by atoms with Crippen LogP contribution in [-0.4, -0.2) is 23.0 Å². The van der Waals surface area contributed by atoms with E-state index >= 15 is 0 Å². The highest BCUT2D eigenvalue weighted by Gasteiger charge is 2.18. The third-order valence-corrected chi connectivity index (χ3v) is 4.47. The maximum atomic E-state index is 12.2. The first-order valence-corrected chi connectivity index (χ1v) is 9.21. The lowest BCUT2D eigenvalue weighted by Crippen LogP contribution is -2.29. The molecule has 0 radical (unpaired) electrons. The second-order valence-corrected chi connectivity index (χ2v) is 6.76. The zero-order valence-electron chi connectivity index (χ0n) is 14.2. The fourth-order valence-corrected chi connectivity index (χ4v) is 2.94. The summed E-state index contributed by atoms with van der Waals surface area (Å²) in [7, 11) is 0. The normalized spacial score (nSPS) is 12.1. The van der Waals surface area contributed by atoms with E-state index in [1.807, 2.05) is 17.5 Å². The van der Waals surface area contributed by atoms with E-state index in [2.05, 4.69) is 10.3 Å². The summed E-state index contributed by atoms with van der Waals surface area (Å²) in [5.74, 6) is -0.594. The molecule has 1 N–H and O–H groups in total. The largest absolute Gasteiger partial charge is 0.465 e. The molecule has 2 heterocycles. The third-order valence-electron chi connectivity index (χ3n) is 3.46. The molecule has 1 amide bonds. The van der Waals surface area contributed by atoms with Gasteiger partial charge in [0, 0.05) is 22.0 Å². The number of thiazole rings is 1. The van der Waals surface area contributed by atoms with Gasteiger partial charge in [0.15, 0.2) is 11.2 Å². The van der Waals surface area contributed by atoms with Gasteiger partial charge in [0.1, 0.15) is 5.76 Å². The molecule has 0 fully saturated rings. The number of rotatable bonds is 6. The third kappa shape index (κ3) is 5.29. The number of furan rings is 1. The average molecular weight is 403 g/mol. The molecule has 0 aliphatic rings. The summed E-state index contributed by atoms with van der Waals surface area (Å²) in [6.45, 7) is 1.49. The van der Waals surface area contributed by atoms with E-state index in [0.29, 0.717) is 15.9 Å². The Balaban J connectivity index is 1.55. The van der Waals surface area contributed by atoms with Crippen LogP contribution in [0.5, 0.6) is 0 Å². The molecule has 0 bridgehead atoms. The van der Waals surface area contributed by atoms with Crippen LogP contribution < -0.4 is 5.32 Å². The van der Waals surface area contributed by atoms with E-state index in [4.69, 9.17) is 20.8 Å². The number of ether oxygens (including phenoxy) is 1. The topological polar surface area (TPSA) is 81.4 Å². The predicted molar refractivity (Wildman–Crippen MR) is 104 cm³/mol. The molecule has 0 saturated carbocycles. The van der Waals surface area contributed by atoms with Gasteiger partial charge in [0.05, 0.1) is 12.0 Å². The highest BCUT2D eigenvalue weighted by atomic mass is 35.5. The average Bonchev–Trinajstić information content (AvgIpc) is 3.32. The molecule has 1 atom stereocenters. The Bertz CT molecular complexity index is 949. The molecule has 2 aromatic heterocycles. The quantitative estimate of drug-likeness (QED) is 0.479. The lowest BCUT2D eigenvalue weighted by Gasteiger charge is -2.10. The minimum absolute atomic E-state index is 0.416. The van der Waals surface area contributed by atoms with E-state index < -0.39 is 18.0 Å². The van der Waals surface area contributed by atoms with Crippen LogP contribution in [0, 0.1) is 0 Å². The smallest absolute Gasteiger partial charge is 0.331 e. The van der Waals surface area contributed by atoms with Crippen LogP contribution in [0.1, 0.15) is 12.7 Å². The molecular formula is C19H15ClN2O4S. The molecule has 1 unspecified atom stereocenters. The predicted octanol–water partition coefficient (Wildman–Crippen LogP) is 4.64. The van der Waals surface area contributed by atoms with Crippen LogP contribution >= 0.6 is 22.9 Å². The van der Waals surface area contributed by atoms with E-state index in [-0.39, 0.29) is 0 Å². The number of anilines is 1. The van der Waals surface area contributed by atoms with Gasteiger partial charge in [0.2, 0.25) is 0 Å². The minimum atomic E-state index is -0.971. The molecular weight excluding hydrogens is 388 g/mol. The van der Waals surface area contributed by atoms with Gasteiger partial charge in [-0.05, 0) is 37.3 Å². The van der Waals surface area contributed by atoms with Gasteiger partial charge in [-0.2, -0.15) is 0 Å². The fourth-order valence-electron chi connectivity index (χ4n) is 2.09. The van der Waals surface area contributed by atoms with Crippen molar-refractivity contribution in [3.8, 4) is 11.3 Å². The Hall–Kier alpha value is -2.90. The Labute approximate surface area is 164 Å². The van der Waals surface area contributed by atoms with Crippen molar-refractivity contribution < 1.29 is 18.7 Å². The molecule has 27 heavy (non-hydrogen) atoms. The zero-order valence-corrected chi connectivity index (χ0v) is 15.8. The number of benzene rings is 1. The monoisotopic (exact) mass is 402 g/mol. The summed E-state index contributed by atoms with van der Waals surface area (Å²) in [6.07, 6.45) is 3.19. The molecule has 3 aromatic rings. The van der Waals surface area contributed by atoms with Crippen molar-refractivity contribution in [1.29, 1.82) is 0 Å². The van der Waals surface area contributed by atoms with Crippen LogP contribution in [0.15, 0.2) is 58.5 Å².